The molecule has 0 saturated carbocycles. The highest BCUT2D eigenvalue weighted by molar-refractivity contribution is 9.10. The smallest absolute Gasteiger partial charge is 0.318 e. The number of hydrogen-bond acceptors (Lipinski definition) is 3. The van der Waals surface area contributed by atoms with E-state index in [0.29, 0.717) is 10.2 Å². The second-order valence-electron chi connectivity index (χ2n) is 4.69. The summed E-state index contributed by atoms with van der Waals surface area (Å²) >= 11 is 3.14. The molecule has 0 unspecified atom stereocenters. The Kier molecular flexibility index (Phi) is 5.59. The van der Waals surface area contributed by atoms with Crippen LogP contribution in [0.5, 0.6) is 0 Å². The third kappa shape index (κ3) is 5.00. The van der Waals surface area contributed by atoms with Crippen LogP contribution in [0.1, 0.15) is 11.1 Å². The van der Waals surface area contributed by atoms with Crippen molar-refractivity contribution in [2.75, 3.05) is 5.32 Å². The molecule has 0 bridgehead atoms. The summed E-state index contributed by atoms with van der Waals surface area (Å²) in [6.45, 7) is 1.91. The summed E-state index contributed by atoms with van der Waals surface area (Å²) in [4.78, 5) is 23.3. The van der Waals surface area contributed by atoms with Crippen LogP contribution in [-0.4, -0.2) is 18.0 Å². The Morgan fingerprint density at radius 3 is 2.48 bits per heavy atom. The maximum Gasteiger partial charge on any atom is 0.329 e. The Bertz CT molecular complexity index is 760. The Hall–Kier alpha value is -2.54. The molecule has 0 heterocycles. The third-order valence-corrected chi connectivity index (χ3v) is 3.34. The highest BCUT2D eigenvalue weighted by Gasteiger charge is 2.12. The van der Waals surface area contributed by atoms with Gasteiger partial charge in [-0.2, -0.15) is 5.10 Å². The average Bonchev–Trinajstić information content (AvgIpc) is 2.51. The molecule has 0 aromatic heterocycles. The van der Waals surface area contributed by atoms with Crippen LogP contribution in [0, 0.1) is 12.7 Å². The first-order valence-electron chi connectivity index (χ1n) is 6.62. The normalized spacial score (nSPS) is 10.6. The lowest BCUT2D eigenvalue weighted by Gasteiger charge is -2.04. The van der Waals surface area contributed by atoms with Crippen molar-refractivity contribution in [3.05, 3.63) is 63.9 Å². The van der Waals surface area contributed by atoms with Crippen molar-refractivity contribution in [3.63, 3.8) is 0 Å². The summed E-state index contributed by atoms with van der Waals surface area (Å²) in [7, 11) is 0. The molecule has 0 aliphatic heterocycles. The highest BCUT2D eigenvalue weighted by atomic mass is 79.9. The molecule has 7 heteroatoms. The van der Waals surface area contributed by atoms with Gasteiger partial charge in [-0.15, -0.1) is 0 Å². The van der Waals surface area contributed by atoms with Gasteiger partial charge in [-0.3, -0.25) is 9.59 Å². The van der Waals surface area contributed by atoms with E-state index in [9.17, 15) is 14.0 Å². The first-order valence-corrected chi connectivity index (χ1v) is 7.41. The molecule has 0 spiro atoms. The molecule has 0 saturated heterocycles. The summed E-state index contributed by atoms with van der Waals surface area (Å²) in [6.07, 6.45) is 1.12. The summed E-state index contributed by atoms with van der Waals surface area (Å²) in [5.41, 5.74) is 3.77. The van der Waals surface area contributed by atoms with Crippen LogP contribution in [-0.2, 0) is 9.59 Å². The van der Waals surface area contributed by atoms with Crippen molar-refractivity contribution in [3.8, 4) is 0 Å². The zero-order valence-electron chi connectivity index (χ0n) is 12.1. The van der Waals surface area contributed by atoms with Gasteiger partial charge in [-0.25, -0.2) is 9.82 Å². The van der Waals surface area contributed by atoms with E-state index in [1.54, 1.807) is 18.2 Å². The van der Waals surface area contributed by atoms with Crippen molar-refractivity contribution in [2.24, 2.45) is 5.10 Å². The SMILES string of the molecule is Cc1ccc(NC(=O)C(=O)N/N=C\c2ccc(Br)cc2F)cc1. The molecule has 0 fully saturated rings. The Morgan fingerprint density at radius 2 is 1.83 bits per heavy atom. The second-order valence-corrected chi connectivity index (χ2v) is 5.60. The van der Waals surface area contributed by atoms with Crippen molar-refractivity contribution in [2.45, 2.75) is 6.92 Å². The number of benzene rings is 2. The molecule has 2 rings (SSSR count). The van der Waals surface area contributed by atoms with Crippen molar-refractivity contribution in [1.82, 2.24) is 5.43 Å². The van der Waals surface area contributed by atoms with E-state index >= 15 is 0 Å². The van der Waals surface area contributed by atoms with Crippen molar-refractivity contribution in [1.29, 1.82) is 0 Å². The van der Waals surface area contributed by atoms with E-state index < -0.39 is 17.6 Å². The van der Waals surface area contributed by atoms with E-state index in [4.69, 9.17) is 0 Å². The van der Waals surface area contributed by atoms with Crippen LogP contribution >= 0.6 is 15.9 Å². The molecule has 2 N–H and O–H groups in total. The molecular weight excluding hydrogens is 365 g/mol. The maximum absolute atomic E-state index is 13.5. The number of nitrogens with zero attached hydrogens (tertiary/aromatic N) is 1. The quantitative estimate of drug-likeness (QED) is 0.490. The lowest BCUT2D eigenvalue weighted by molar-refractivity contribution is -0.136. The topological polar surface area (TPSA) is 70.6 Å². The van der Waals surface area contributed by atoms with E-state index in [0.717, 1.165) is 11.8 Å². The van der Waals surface area contributed by atoms with Crippen molar-refractivity contribution >= 4 is 39.6 Å². The number of hydrazone groups is 1. The zero-order valence-corrected chi connectivity index (χ0v) is 13.7. The molecule has 0 aliphatic rings. The van der Waals surface area contributed by atoms with Gasteiger partial charge in [-0.05, 0) is 37.3 Å². The highest BCUT2D eigenvalue weighted by Crippen LogP contribution is 2.13. The van der Waals surface area contributed by atoms with Crippen LogP contribution < -0.4 is 10.7 Å². The van der Waals surface area contributed by atoms with E-state index in [2.05, 4.69) is 26.3 Å². The molecule has 2 amide bonds. The van der Waals surface area contributed by atoms with Gasteiger partial charge in [0, 0.05) is 15.7 Å². The molecule has 23 heavy (non-hydrogen) atoms. The standard InChI is InChI=1S/C16H13BrFN3O2/c1-10-2-6-13(7-3-10)20-15(22)16(23)21-19-9-11-4-5-12(17)8-14(11)18/h2-9H,1H3,(H,20,22)(H,21,23)/b19-9-. The maximum atomic E-state index is 13.5. The number of rotatable bonds is 3. The predicted octanol–water partition coefficient (Wildman–Crippen LogP) is 2.99. The fourth-order valence-electron chi connectivity index (χ4n) is 1.64. The molecular formula is C16H13BrFN3O2. The van der Waals surface area contributed by atoms with Gasteiger partial charge < -0.3 is 5.32 Å². The number of aryl methyl sites for hydroxylation is 1. The minimum atomic E-state index is -0.945. The fraction of sp³-hybridized carbons (Fsp3) is 0.0625. The van der Waals surface area contributed by atoms with Crippen LogP contribution in [0.3, 0.4) is 0 Å². The van der Waals surface area contributed by atoms with Gasteiger partial charge in [0.2, 0.25) is 0 Å². The van der Waals surface area contributed by atoms with Gasteiger partial charge in [0.15, 0.2) is 0 Å². The first-order chi connectivity index (χ1) is 11.0. The summed E-state index contributed by atoms with van der Waals surface area (Å²) in [5, 5.41) is 6.00. The number of halogens is 2. The van der Waals surface area contributed by atoms with Gasteiger partial charge >= 0.3 is 11.8 Å². The number of carbonyl (C=O) groups excluding carboxylic acids is 2. The number of anilines is 1. The molecule has 0 aliphatic carbocycles. The monoisotopic (exact) mass is 377 g/mol. The van der Waals surface area contributed by atoms with Gasteiger partial charge in [0.05, 0.1) is 6.21 Å². The zero-order chi connectivity index (χ0) is 16.8. The summed E-state index contributed by atoms with van der Waals surface area (Å²) in [5.74, 6) is -2.30. The molecule has 0 radical (unpaired) electrons. The van der Waals surface area contributed by atoms with Gasteiger partial charge in [-0.1, -0.05) is 33.6 Å². The van der Waals surface area contributed by atoms with Crippen LogP contribution in [0.2, 0.25) is 0 Å². The number of hydrogen-bond donors (Lipinski definition) is 2. The fourth-order valence-corrected chi connectivity index (χ4v) is 1.98. The minimum absolute atomic E-state index is 0.187. The number of nitrogens with one attached hydrogen (secondary N) is 2. The number of carbonyl (C=O) groups is 2. The first kappa shape index (κ1) is 16.8. The summed E-state index contributed by atoms with van der Waals surface area (Å²) in [6, 6.07) is 11.4. The molecule has 5 nitrogen and oxygen atoms in total. The van der Waals surface area contributed by atoms with Crippen LogP contribution in [0.4, 0.5) is 10.1 Å². The number of amides is 2. The Morgan fingerprint density at radius 1 is 1.13 bits per heavy atom. The Labute approximate surface area is 140 Å². The molecule has 0 atom stereocenters. The lowest BCUT2D eigenvalue weighted by Crippen LogP contribution is -2.32. The van der Waals surface area contributed by atoms with Crippen molar-refractivity contribution < 1.29 is 14.0 Å². The third-order valence-electron chi connectivity index (χ3n) is 2.85. The average molecular weight is 378 g/mol. The minimum Gasteiger partial charge on any atom is -0.318 e. The van der Waals surface area contributed by atoms with Gasteiger partial charge in [0.1, 0.15) is 5.82 Å². The Balaban J connectivity index is 1.92. The van der Waals surface area contributed by atoms with Crippen LogP contribution in [0.25, 0.3) is 0 Å². The van der Waals surface area contributed by atoms with E-state index in [-0.39, 0.29) is 5.56 Å². The van der Waals surface area contributed by atoms with E-state index in [1.165, 1.54) is 12.1 Å². The molecule has 2 aromatic carbocycles. The van der Waals surface area contributed by atoms with Crippen LogP contribution in [0.15, 0.2) is 52.0 Å². The second kappa shape index (κ2) is 7.64. The molecule has 118 valence electrons. The van der Waals surface area contributed by atoms with E-state index in [1.807, 2.05) is 24.5 Å². The molecule has 2 aromatic rings. The largest absolute Gasteiger partial charge is 0.329 e. The predicted molar refractivity (Wildman–Crippen MR) is 89.6 cm³/mol. The lowest BCUT2D eigenvalue weighted by atomic mass is 10.2. The van der Waals surface area contributed by atoms with Gasteiger partial charge in [0.25, 0.3) is 0 Å². The summed E-state index contributed by atoms with van der Waals surface area (Å²) < 4.78 is 14.1.